The minimum Gasteiger partial charge on any atom is -0.397 e. The molecule has 0 aromatic heterocycles. The van der Waals surface area contributed by atoms with Crippen LogP contribution in [0.25, 0.3) is 0 Å². The third-order valence-corrected chi connectivity index (χ3v) is 4.82. The molecule has 0 bridgehead atoms. The van der Waals surface area contributed by atoms with Crippen LogP contribution in [0.5, 0.6) is 0 Å². The molecule has 0 saturated heterocycles. The van der Waals surface area contributed by atoms with E-state index in [4.69, 9.17) is 11.1 Å². The first-order chi connectivity index (χ1) is 15.8. The number of benzene rings is 1. The van der Waals surface area contributed by atoms with Gasteiger partial charge in [0.1, 0.15) is 11.6 Å². The van der Waals surface area contributed by atoms with E-state index < -0.39 is 11.6 Å². The van der Waals surface area contributed by atoms with Crippen molar-refractivity contribution in [3.05, 3.63) is 119 Å². The Kier molecular flexibility index (Phi) is 11.4. The SMILES string of the molecule is C=C/C(F)=C(\C=C)C/C(C1=CCC=CC=C1)=C(\N)C(C)=NC(=N)c1cc(C)ccc1F.CN. The highest BCUT2D eigenvalue weighted by Gasteiger charge is 2.15. The van der Waals surface area contributed by atoms with Crippen molar-refractivity contribution in [2.75, 3.05) is 7.05 Å². The fraction of sp³-hybridized carbons (Fsp3) is 0.185. The molecule has 0 spiro atoms. The number of allylic oxidation sites excluding steroid dienone is 12. The minimum absolute atomic E-state index is 0.0934. The lowest BCUT2D eigenvalue weighted by Crippen LogP contribution is -2.15. The molecule has 1 aliphatic rings. The molecule has 33 heavy (non-hydrogen) atoms. The van der Waals surface area contributed by atoms with E-state index in [0.717, 1.165) is 17.2 Å². The summed E-state index contributed by atoms with van der Waals surface area (Å²) >= 11 is 0. The van der Waals surface area contributed by atoms with Gasteiger partial charge in [0.15, 0.2) is 5.84 Å². The molecule has 174 valence electrons. The molecule has 2 rings (SSSR count). The predicted molar refractivity (Wildman–Crippen MR) is 137 cm³/mol. The molecule has 4 nitrogen and oxygen atoms in total. The van der Waals surface area contributed by atoms with Gasteiger partial charge in [0.25, 0.3) is 0 Å². The van der Waals surface area contributed by atoms with E-state index in [1.807, 2.05) is 37.3 Å². The molecule has 0 radical (unpaired) electrons. The highest BCUT2D eigenvalue weighted by Crippen LogP contribution is 2.27. The number of rotatable bonds is 7. The Morgan fingerprint density at radius 1 is 1.21 bits per heavy atom. The topological polar surface area (TPSA) is 88.2 Å². The van der Waals surface area contributed by atoms with Crippen LogP contribution in [-0.4, -0.2) is 18.6 Å². The van der Waals surface area contributed by atoms with Gasteiger partial charge in [-0.05, 0) is 62.2 Å². The number of aliphatic imine (C=N–C) groups is 1. The van der Waals surface area contributed by atoms with E-state index in [2.05, 4.69) is 23.9 Å². The number of nitrogens with one attached hydrogen (secondary N) is 1. The van der Waals surface area contributed by atoms with E-state index in [1.54, 1.807) is 19.1 Å². The molecule has 0 heterocycles. The second kappa shape index (κ2) is 13.7. The predicted octanol–water partition coefficient (Wildman–Crippen LogP) is 6.14. The number of nitrogens with two attached hydrogens (primary N) is 2. The van der Waals surface area contributed by atoms with E-state index in [1.165, 1.54) is 19.2 Å². The molecule has 1 aromatic rings. The van der Waals surface area contributed by atoms with Crippen LogP contribution in [0.4, 0.5) is 8.78 Å². The molecule has 6 heteroatoms. The zero-order chi connectivity index (χ0) is 25.0. The summed E-state index contributed by atoms with van der Waals surface area (Å²) in [5, 5.41) is 8.24. The van der Waals surface area contributed by atoms with Crippen LogP contribution in [0, 0.1) is 18.2 Å². The fourth-order valence-corrected chi connectivity index (χ4v) is 3.06. The van der Waals surface area contributed by atoms with Gasteiger partial charge in [-0.15, -0.1) is 0 Å². The molecule has 0 unspecified atom stereocenters. The average molecular weight is 451 g/mol. The van der Waals surface area contributed by atoms with Crippen LogP contribution in [0.3, 0.4) is 0 Å². The van der Waals surface area contributed by atoms with Crippen molar-refractivity contribution < 1.29 is 8.78 Å². The Morgan fingerprint density at radius 2 is 1.91 bits per heavy atom. The maximum Gasteiger partial charge on any atom is 0.155 e. The summed E-state index contributed by atoms with van der Waals surface area (Å²) in [6.07, 6.45) is 13.1. The van der Waals surface area contributed by atoms with Crippen LogP contribution in [0.15, 0.2) is 107 Å². The minimum atomic E-state index is -0.527. The first-order valence-electron chi connectivity index (χ1n) is 10.4. The Bertz CT molecular complexity index is 1080. The molecule has 5 N–H and O–H groups in total. The third-order valence-electron chi connectivity index (χ3n) is 4.82. The van der Waals surface area contributed by atoms with Crippen molar-refractivity contribution in [2.24, 2.45) is 16.5 Å². The number of hydrogen-bond acceptors (Lipinski definition) is 3. The summed E-state index contributed by atoms with van der Waals surface area (Å²) < 4.78 is 28.4. The van der Waals surface area contributed by atoms with Gasteiger partial charge >= 0.3 is 0 Å². The second-order valence-electron chi connectivity index (χ2n) is 7.06. The Labute approximate surface area is 195 Å². The van der Waals surface area contributed by atoms with Gasteiger partial charge in [-0.2, -0.15) is 0 Å². The number of nitrogens with zero attached hydrogens (tertiary/aromatic N) is 1. The molecule has 0 atom stereocenters. The molecule has 0 fully saturated rings. The van der Waals surface area contributed by atoms with Gasteiger partial charge in [0.2, 0.25) is 0 Å². The van der Waals surface area contributed by atoms with E-state index in [-0.39, 0.29) is 17.8 Å². The second-order valence-corrected chi connectivity index (χ2v) is 7.06. The molecular formula is C27H32F2N4. The van der Waals surface area contributed by atoms with Gasteiger partial charge in [-0.25, -0.2) is 13.8 Å². The van der Waals surface area contributed by atoms with Crippen molar-refractivity contribution in [1.82, 2.24) is 0 Å². The van der Waals surface area contributed by atoms with E-state index in [0.29, 0.717) is 29.0 Å². The zero-order valence-electron chi connectivity index (χ0n) is 19.5. The summed E-state index contributed by atoms with van der Waals surface area (Å²) in [5.41, 5.74) is 14.3. The van der Waals surface area contributed by atoms with Crippen molar-refractivity contribution in [1.29, 1.82) is 5.41 Å². The highest BCUT2D eigenvalue weighted by molar-refractivity contribution is 6.10. The molecule has 0 amide bonds. The zero-order valence-corrected chi connectivity index (χ0v) is 19.5. The van der Waals surface area contributed by atoms with E-state index >= 15 is 0 Å². The number of halogens is 2. The van der Waals surface area contributed by atoms with Gasteiger partial charge in [-0.3, -0.25) is 5.41 Å². The first kappa shape index (κ1) is 27.4. The van der Waals surface area contributed by atoms with Crippen LogP contribution in [0.2, 0.25) is 0 Å². The molecule has 0 aliphatic heterocycles. The Morgan fingerprint density at radius 3 is 2.55 bits per heavy atom. The van der Waals surface area contributed by atoms with Crippen LogP contribution < -0.4 is 11.5 Å². The molecule has 1 aromatic carbocycles. The van der Waals surface area contributed by atoms with Crippen molar-refractivity contribution in [3.63, 3.8) is 0 Å². The monoisotopic (exact) mass is 450 g/mol. The molecule has 0 saturated carbocycles. The lowest BCUT2D eigenvalue weighted by atomic mass is 9.93. The lowest BCUT2D eigenvalue weighted by Gasteiger charge is -2.15. The normalized spacial score (nSPS) is 14.7. The van der Waals surface area contributed by atoms with Crippen molar-refractivity contribution >= 4 is 11.5 Å². The average Bonchev–Trinajstić information content (AvgIpc) is 3.11. The summed E-state index contributed by atoms with van der Waals surface area (Å²) in [6, 6.07) is 4.50. The number of amidine groups is 1. The summed E-state index contributed by atoms with van der Waals surface area (Å²) in [6.45, 7) is 10.6. The van der Waals surface area contributed by atoms with E-state index in [9.17, 15) is 8.78 Å². The Balaban J connectivity index is 0.00000265. The van der Waals surface area contributed by atoms with Crippen LogP contribution >= 0.6 is 0 Å². The molecular weight excluding hydrogens is 418 g/mol. The first-order valence-corrected chi connectivity index (χ1v) is 10.4. The van der Waals surface area contributed by atoms with Gasteiger partial charge in [0, 0.05) is 6.42 Å². The Hall–Kier alpha value is -3.64. The van der Waals surface area contributed by atoms with Crippen LogP contribution in [-0.2, 0) is 0 Å². The number of hydrogen-bond donors (Lipinski definition) is 3. The summed E-state index contributed by atoms with van der Waals surface area (Å²) in [5.74, 6) is -1.24. The quantitative estimate of drug-likeness (QED) is 0.265. The maximum absolute atomic E-state index is 14.3. The van der Waals surface area contributed by atoms with Gasteiger partial charge < -0.3 is 11.5 Å². The highest BCUT2D eigenvalue weighted by atomic mass is 19.1. The number of aryl methyl sites for hydroxylation is 1. The smallest absolute Gasteiger partial charge is 0.155 e. The van der Waals surface area contributed by atoms with Gasteiger partial charge in [-0.1, -0.05) is 61.2 Å². The van der Waals surface area contributed by atoms with Gasteiger partial charge in [0.05, 0.1) is 17.0 Å². The van der Waals surface area contributed by atoms with Crippen molar-refractivity contribution in [3.8, 4) is 0 Å². The summed E-state index contributed by atoms with van der Waals surface area (Å²) in [4.78, 5) is 4.24. The van der Waals surface area contributed by atoms with Crippen molar-refractivity contribution in [2.45, 2.75) is 26.7 Å². The lowest BCUT2D eigenvalue weighted by molar-refractivity contribution is 0.624. The third kappa shape index (κ3) is 7.77. The fourth-order valence-electron chi connectivity index (χ4n) is 3.06. The van der Waals surface area contributed by atoms with Crippen LogP contribution in [0.1, 0.15) is 30.9 Å². The maximum atomic E-state index is 14.3. The summed E-state index contributed by atoms with van der Waals surface area (Å²) in [7, 11) is 1.50. The molecule has 1 aliphatic carbocycles. The largest absolute Gasteiger partial charge is 0.397 e. The standard InChI is InChI=1S/C26H27F2N3.CH5N/c1-5-19(23(27)6-2)16-21(20-11-9-7-8-10-12-20)25(29)18(4)31-26(30)22-15-17(3)13-14-24(22)28;1-2/h5-9,11-15,30H,1-2,10,16,29H2,3-4H3;2H2,1H3/b23-19-,25-21+,30-26?,31-18?;.